The second kappa shape index (κ2) is 7.82. The molecule has 1 atom stereocenters. The molecular weight excluding hydrogens is 200 g/mol. The van der Waals surface area contributed by atoms with Gasteiger partial charge in [0, 0.05) is 38.9 Å². The largest absolute Gasteiger partial charge is 0.381 e. The van der Waals surface area contributed by atoms with Gasteiger partial charge < -0.3 is 15.0 Å². The first-order valence-corrected chi connectivity index (χ1v) is 6.33. The number of ether oxygens (including phenoxy) is 1. The molecule has 0 saturated carbocycles. The highest BCUT2D eigenvalue weighted by Gasteiger charge is 2.18. The summed E-state index contributed by atoms with van der Waals surface area (Å²) in [6, 6.07) is 0.586. The van der Waals surface area contributed by atoms with Gasteiger partial charge in [-0.15, -0.1) is 6.58 Å². The molecule has 0 amide bonds. The van der Waals surface area contributed by atoms with Crippen molar-refractivity contribution in [2.24, 2.45) is 5.92 Å². The maximum Gasteiger partial charge on any atom is 0.0469 e. The van der Waals surface area contributed by atoms with Crippen molar-refractivity contribution in [3.63, 3.8) is 0 Å². The van der Waals surface area contributed by atoms with Crippen LogP contribution in [-0.2, 0) is 4.74 Å². The molecule has 1 fully saturated rings. The Labute approximate surface area is 99.8 Å². The average molecular weight is 226 g/mol. The van der Waals surface area contributed by atoms with E-state index in [0.717, 1.165) is 32.2 Å². The lowest BCUT2D eigenvalue weighted by Crippen LogP contribution is -2.41. The molecule has 16 heavy (non-hydrogen) atoms. The number of rotatable bonds is 7. The second-order valence-corrected chi connectivity index (χ2v) is 4.79. The van der Waals surface area contributed by atoms with Gasteiger partial charge in [-0.3, -0.25) is 0 Å². The smallest absolute Gasteiger partial charge is 0.0469 e. The zero-order valence-corrected chi connectivity index (χ0v) is 10.7. The fraction of sp³-hybridized carbons (Fsp3) is 0.846. The van der Waals surface area contributed by atoms with E-state index in [4.69, 9.17) is 4.74 Å². The summed E-state index contributed by atoms with van der Waals surface area (Å²) in [5.41, 5.74) is 0. The van der Waals surface area contributed by atoms with E-state index in [9.17, 15) is 0 Å². The van der Waals surface area contributed by atoms with Crippen molar-refractivity contribution in [3.8, 4) is 0 Å². The van der Waals surface area contributed by atoms with Crippen LogP contribution in [-0.4, -0.2) is 50.8 Å². The Morgan fingerprint density at radius 2 is 2.19 bits per heavy atom. The van der Waals surface area contributed by atoms with Crippen LogP contribution in [0, 0.1) is 5.92 Å². The molecule has 0 aromatic carbocycles. The van der Waals surface area contributed by atoms with Crippen molar-refractivity contribution in [1.82, 2.24) is 10.2 Å². The minimum absolute atomic E-state index is 0.586. The Balaban J connectivity index is 2.16. The average Bonchev–Trinajstić information content (AvgIpc) is 2.30. The van der Waals surface area contributed by atoms with Crippen molar-refractivity contribution in [2.45, 2.75) is 25.8 Å². The van der Waals surface area contributed by atoms with E-state index < -0.39 is 0 Å². The van der Waals surface area contributed by atoms with Crippen LogP contribution in [0.2, 0.25) is 0 Å². The highest BCUT2D eigenvalue weighted by Crippen LogP contribution is 2.16. The third-order valence-electron chi connectivity index (χ3n) is 3.37. The topological polar surface area (TPSA) is 24.5 Å². The number of nitrogens with zero attached hydrogens (tertiary/aromatic N) is 1. The molecule has 1 saturated heterocycles. The van der Waals surface area contributed by atoms with Crippen LogP contribution < -0.4 is 5.32 Å². The Morgan fingerprint density at radius 3 is 2.81 bits per heavy atom. The molecule has 0 bridgehead atoms. The summed E-state index contributed by atoms with van der Waals surface area (Å²) in [6.07, 6.45) is 4.35. The van der Waals surface area contributed by atoms with Crippen LogP contribution in [0.3, 0.4) is 0 Å². The zero-order chi connectivity index (χ0) is 11.8. The Morgan fingerprint density at radius 1 is 1.50 bits per heavy atom. The Hall–Kier alpha value is -0.380. The van der Waals surface area contributed by atoms with Crippen LogP contribution in [0.25, 0.3) is 0 Å². The van der Waals surface area contributed by atoms with Gasteiger partial charge >= 0.3 is 0 Å². The predicted octanol–water partition coefficient (Wildman–Crippen LogP) is 1.51. The first-order chi connectivity index (χ1) is 7.74. The number of hydrogen-bond donors (Lipinski definition) is 1. The molecule has 3 nitrogen and oxygen atoms in total. The molecule has 0 radical (unpaired) electrons. The normalized spacial score (nSPS) is 19.9. The highest BCUT2D eigenvalue weighted by atomic mass is 16.5. The second-order valence-electron chi connectivity index (χ2n) is 4.79. The highest BCUT2D eigenvalue weighted by molar-refractivity contribution is 4.75. The van der Waals surface area contributed by atoms with E-state index in [-0.39, 0.29) is 0 Å². The maximum atomic E-state index is 5.38. The first-order valence-electron chi connectivity index (χ1n) is 6.33. The quantitative estimate of drug-likeness (QED) is 0.526. The minimum atomic E-state index is 0.586. The lowest BCUT2D eigenvalue weighted by atomic mass is 9.99. The molecule has 0 aromatic rings. The van der Waals surface area contributed by atoms with E-state index >= 15 is 0 Å². The molecule has 1 unspecified atom stereocenters. The summed E-state index contributed by atoms with van der Waals surface area (Å²) in [5, 5.41) is 3.37. The molecule has 3 heteroatoms. The molecule has 0 spiro atoms. The van der Waals surface area contributed by atoms with Gasteiger partial charge in [0.15, 0.2) is 0 Å². The van der Waals surface area contributed by atoms with Crippen molar-refractivity contribution in [3.05, 3.63) is 12.7 Å². The fourth-order valence-electron chi connectivity index (χ4n) is 2.07. The standard InChI is InChI=1S/C13H26N2O/c1-4-7-14-10-12(2)15(3)11-13-5-8-16-9-6-13/h4,12-14H,1,5-11H2,2-3H3. The summed E-state index contributed by atoms with van der Waals surface area (Å²) >= 11 is 0. The Bertz CT molecular complexity index is 190. The van der Waals surface area contributed by atoms with Gasteiger partial charge in [0.2, 0.25) is 0 Å². The number of nitrogens with one attached hydrogen (secondary N) is 1. The molecule has 1 rings (SSSR count). The first kappa shape index (κ1) is 13.7. The van der Waals surface area contributed by atoms with Crippen molar-refractivity contribution in [2.75, 3.05) is 39.9 Å². The van der Waals surface area contributed by atoms with Crippen LogP contribution in [0.4, 0.5) is 0 Å². The van der Waals surface area contributed by atoms with Crippen molar-refractivity contribution >= 4 is 0 Å². The van der Waals surface area contributed by atoms with Gasteiger partial charge in [0.25, 0.3) is 0 Å². The predicted molar refractivity (Wildman–Crippen MR) is 68.7 cm³/mol. The van der Waals surface area contributed by atoms with Crippen LogP contribution in [0.1, 0.15) is 19.8 Å². The molecule has 1 aliphatic heterocycles. The van der Waals surface area contributed by atoms with Gasteiger partial charge in [-0.1, -0.05) is 6.08 Å². The molecule has 94 valence electrons. The molecule has 0 aromatic heterocycles. The van der Waals surface area contributed by atoms with E-state index in [0.29, 0.717) is 6.04 Å². The van der Waals surface area contributed by atoms with Gasteiger partial charge in [0.1, 0.15) is 0 Å². The maximum absolute atomic E-state index is 5.38. The van der Waals surface area contributed by atoms with Gasteiger partial charge in [-0.05, 0) is 32.7 Å². The Kier molecular flexibility index (Phi) is 6.69. The van der Waals surface area contributed by atoms with Crippen molar-refractivity contribution in [1.29, 1.82) is 0 Å². The van der Waals surface area contributed by atoms with Crippen LogP contribution in [0.5, 0.6) is 0 Å². The molecule has 0 aliphatic carbocycles. The lowest BCUT2D eigenvalue weighted by molar-refractivity contribution is 0.0514. The van der Waals surface area contributed by atoms with Crippen LogP contribution >= 0.6 is 0 Å². The third-order valence-corrected chi connectivity index (χ3v) is 3.37. The molecule has 1 N–H and O–H groups in total. The van der Waals surface area contributed by atoms with E-state index in [1.807, 2.05) is 6.08 Å². The zero-order valence-electron chi connectivity index (χ0n) is 10.7. The van der Waals surface area contributed by atoms with Crippen molar-refractivity contribution < 1.29 is 4.74 Å². The molecular formula is C13H26N2O. The summed E-state index contributed by atoms with van der Waals surface area (Å²) in [5.74, 6) is 0.820. The molecule has 1 heterocycles. The summed E-state index contributed by atoms with van der Waals surface area (Å²) < 4.78 is 5.38. The van der Waals surface area contributed by atoms with Crippen LogP contribution in [0.15, 0.2) is 12.7 Å². The van der Waals surface area contributed by atoms with E-state index in [1.165, 1.54) is 19.4 Å². The number of likely N-dealkylation sites (N-methyl/N-ethyl adjacent to an activating group) is 1. The van der Waals surface area contributed by atoms with Gasteiger partial charge in [-0.25, -0.2) is 0 Å². The summed E-state index contributed by atoms with van der Waals surface area (Å²) in [6.45, 7) is 11.0. The minimum Gasteiger partial charge on any atom is -0.381 e. The SMILES string of the molecule is C=CCNCC(C)N(C)CC1CCOCC1. The van der Waals surface area contributed by atoms with Gasteiger partial charge in [-0.2, -0.15) is 0 Å². The number of hydrogen-bond acceptors (Lipinski definition) is 3. The van der Waals surface area contributed by atoms with E-state index in [2.05, 4.69) is 30.8 Å². The lowest BCUT2D eigenvalue weighted by Gasteiger charge is -2.31. The summed E-state index contributed by atoms with van der Waals surface area (Å²) in [4.78, 5) is 2.45. The van der Waals surface area contributed by atoms with Gasteiger partial charge in [0.05, 0.1) is 0 Å². The third kappa shape index (κ3) is 5.10. The fourth-order valence-corrected chi connectivity index (χ4v) is 2.07. The summed E-state index contributed by atoms with van der Waals surface area (Å²) in [7, 11) is 2.22. The van der Waals surface area contributed by atoms with E-state index in [1.54, 1.807) is 0 Å². The molecule has 1 aliphatic rings. The monoisotopic (exact) mass is 226 g/mol.